The number of alkyl halides is 3. The van der Waals surface area contributed by atoms with Crippen LogP contribution in [0.2, 0.25) is 0 Å². The number of rotatable bonds is 4. The van der Waals surface area contributed by atoms with Gasteiger partial charge in [-0.1, -0.05) is 6.58 Å². The lowest BCUT2D eigenvalue weighted by atomic mass is 10.0. The van der Waals surface area contributed by atoms with Gasteiger partial charge in [0.2, 0.25) is 0 Å². The van der Waals surface area contributed by atoms with Crippen LogP contribution in [-0.2, 0) is 6.18 Å². The van der Waals surface area contributed by atoms with E-state index in [-0.39, 0.29) is 12.0 Å². The maximum absolute atomic E-state index is 12.7. The largest absolute Gasteiger partial charge is 0.417 e. The normalized spacial score (nSPS) is 20.3. The molecule has 1 aliphatic rings. The van der Waals surface area contributed by atoms with Crippen LogP contribution in [0, 0.1) is 5.92 Å². The molecular weight excluding hydrogens is 381 g/mol. The summed E-state index contributed by atoms with van der Waals surface area (Å²) in [7, 11) is 1.72. The topological polar surface area (TPSA) is 70.9 Å². The minimum Gasteiger partial charge on any atom is -0.367 e. The molecule has 0 spiro atoms. The van der Waals surface area contributed by atoms with E-state index in [1.807, 2.05) is 16.8 Å². The Kier molecular flexibility index (Phi) is 4.89. The molecule has 4 rings (SSSR count). The average Bonchev–Trinajstić information content (AvgIpc) is 3.35. The first-order valence-electron chi connectivity index (χ1n) is 9.33. The van der Waals surface area contributed by atoms with Crippen LogP contribution in [0.25, 0.3) is 16.9 Å². The van der Waals surface area contributed by atoms with E-state index >= 15 is 0 Å². The van der Waals surface area contributed by atoms with Gasteiger partial charge in [-0.3, -0.25) is 9.56 Å². The quantitative estimate of drug-likeness (QED) is 0.691. The number of hydrogen-bond acceptors (Lipinski definition) is 4. The van der Waals surface area contributed by atoms with Crippen molar-refractivity contribution in [2.45, 2.75) is 31.5 Å². The van der Waals surface area contributed by atoms with Gasteiger partial charge in [-0.15, -0.1) is 0 Å². The molecule has 0 radical (unpaired) electrons. The zero-order chi connectivity index (χ0) is 20.6. The number of allylic oxidation sites excluding steroid dienone is 1. The van der Waals surface area contributed by atoms with Gasteiger partial charge in [0, 0.05) is 37.1 Å². The van der Waals surface area contributed by atoms with Gasteiger partial charge < -0.3 is 10.3 Å². The molecule has 1 fully saturated rings. The zero-order valence-electron chi connectivity index (χ0n) is 15.9. The van der Waals surface area contributed by atoms with Crippen molar-refractivity contribution in [2.75, 3.05) is 12.4 Å². The molecule has 0 aromatic carbocycles. The standard InChI is InChI=1S/C20H21F3N6/c1-12(29-16-7-8-25-19(16)27-11-18(29)24-2)13-3-5-15(9-13)28-17-6-4-14(10-26-17)20(21,22)23/h4,6-8,10-11,13,15,25H,1,3,5,9H2,2H3,(H,26,28)/t13-,15+/m1/s1. The van der Waals surface area contributed by atoms with Crippen molar-refractivity contribution in [1.82, 2.24) is 19.5 Å². The summed E-state index contributed by atoms with van der Waals surface area (Å²) >= 11 is 0. The maximum Gasteiger partial charge on any atom is 0.417 e. The van der Waals surface area contributed by atoms with E-state index in [1.54, 1.807) is 13.2 Å². The Balaban J connectivity index is 1.49. The minimum atomic E-state index is -4.38. The molecular formula is C20H21F3N6. The third-order valence-electron chi connectivity index (χ3n) is 5.35. The van der Waals surface area contributed by atoms with Crippen molar-refractivity contribution in [1.29, 1.82) is 0 Å². The molecule has 0 amide bonds. The highest BCUT2D eigenvalue weighted by Crippen LogP contribution is 2.35. The van der Waals surface area contributed by atoms with Crippen LogP contribution in [0.3, 0.4) is 0 Å². The lowest BCUT2D eigenvalue weighted by molar-refractivity contribution is -0.137. The number of H-pyrrole nitrogens is 1. The van der Waals surface area contributed by atoms with Crippen LogP contribution in [0.1, 0.15) is 24.8 Å². The van der Waals surface area contributed by atoms with Gasteiger partial charge in [0.25, 0.3) is 0 Å². The number of pyridine rings is 1. The Morgan fingerprint density at radius 3 is 2.76 bits per heavy atom. The highest BCUT2D eigenvalue weighted by molar-refractivity contribution is 5.75. The number of aromatic amines is 1. The van der Waals surface area contributed by atoms with Gasteiger partial charge in [0.1, 0.15) is 5.82 Å². The number of anilines is 1. The molecule has 1 aliphatic carbocycles. The van der Waals surface area contributed by atoms with E-state index in [0.29, 0.717) is 5.82 Å². The fourth-order valence-electron chi connectivity index (χ4n) is 3.85. The van der Waals surface area contributed by atoms with E-state index in [4.69, 9.17) is 0 Å². The molecule has 0 unspecified atom stereocenters. The van der Waals surface area contributed by atoms with Crippen molar-refractivity contribution in [3.8, 4) is 0 Å². The summed E-state index contributed by atoms with van der Waals surface area (Å²) in [5.41, 5.74) is 2.59. The number of aromatic nitrogens is 4. The van der Waals surface area contributed by atoms with E-state index < -0.39 is 11.7 Å². The molecule has 3 aromatic heterocycles. The van der Waals surface area contributed by atoms with Gasteiger partial charge >= 0.3 is 6.18 Å². The fourth-order valence-corrected chi connectivity index (χ4v) is 3.85. The summed E-state index contributed by atoms with van der Waals surface area (Å²) in [6, 6.07) is 4.48. The Hall–Kier alpha value is -3.10. The number of fused-ring (bicyclic) bond motifs is 1. The highest BCUT2D eigenvalue weighted by atomic mass is 19.4. The molecule has 6 nitrogen and oxygen atoms in total. The van der Waals surface area contributed by atoms with Crippen LogP contribution >= 0.6 is 0 Å². The summed E-state index contributed by atoms with van der Waals surface area (Å²) in [4.78, 5) is 15.7. The van der Waals surface area contributed by atoms with Crippen molar-refractivity contribution < 1.29 is 13.2 Å². The number of nitrogens with zero attached hydrogens (tertiary/aromatic N) is 4. The Morgan fingerprint density at radius 1 is 1.24 bits per heavy atom. The number of hydrogen-bond donors (Lipinski definition) is 2. The summed E-state index contributed by atoms with van der Waals surface area (Å²) in [6.07, 6.45) is 2.63. The van der Waals surface area contributed by atoms with Crippen LogP contribution in [0.5, 0.6) is 0 Å². The minimum absolute atomic E-state index is 0.118. The first-order valence-corrected chi connectivity index (χ1v) is 9.33. The zero-order valence-corrected chi connectivity index (χ0v) is 15.9. The maximum atomic E-state index is 12.7. The van der Waals surface area contributed by atoms with Crippen molar-refractivity contribution in [2.24, 2.45) is 10.9 Å². The van der Waals surface area contributed by atoms with Crippen molar-refractivity contribution in [3.05, 3.63) is 54.4 Å². The molecule has 3 heterocycles. The first-order chi connectivity index (χ1) is 13.9. The molecule has 2 N–H and O–H groups in total. The molecule has 3 aromatic rings. The van der Waals surface area contributed by atoms with Gasteiger partial charge in [-0.2, -0.15) is 13.2 Å². The van der Waals surface area contributed by atoms with Crippen LogP contribution in [0.4, 0.5) is 19.0 Å². The molecule has 29 heavy (non-hydrogen) atoms. The first kappa shape index (κ1) is 19.2. The monoisotopic (exact) mass is 402 g/mol. The molecule has 0 bridgehead atoms. The third kappa shape index (κ3) is 3.76. The summed E-state index contributed by atoms with van der Waals surface area (Å²) in [5, 5.41) is 3.25. The van der Waals surface area contributed by atoms with Gasteiger partial charge in [-0.05, 0) is 37.5 Å². The second-order valence-corrected chi connectivity index (χ2v) is 7.16. The van der Waals surface area contributed by atoms with Crippen molar-refractivity contribution >= 4 is 22.7 Å². The third-order valence-corrected chi connectivity index (χ3v) is 5.35. The second kappa shape index (κ2) is 7.38. The summed E-state index contributed by atoms with van der Waals surface area (Å²) < 4.78 is 40.1. The molecule has 2 atom stereocenters. The number of halogens is 3. The molecule has 9 heteroatoms. The average molecular weight is 402 g/mol. The second-order valence-electron chi connectivity index (χ2n) is 7.16. The van der Waals surface area contributed by atoms with E-state index in [9.17, 15) is 13.2 Å². The van der Waals surface area contributed by atoms with Crippen LogP contribution in [-0.4, -0.2) is 32.6 Å². The lowest BCUT2D eigenvalue weighted by Gasteiger charge is -2.19. The fraction of sp³-hybridized carbons (Fsp3) is 0.350. The van der Waals surface area contributed by atoms with Gasteiger partial charge in [0.15, 0.2) is 11.1 Å². The van der Waals surface area contributed by atoms with Crippen LogP contribution < -0.4 is 10.8 Å². The molecule has 0 aliphatic heterocycles. The van der Waals surface area contributed by atoms with Gasteiger partial charge in [0.05, 0.1) is 17.3 Å². The molecule has 152 valence electrons. The van der Waals surface area contributed by atoms with E-state index in [1.165, 1.54) is 6.07 Å². The SMILES string of the molecule is C=C([C@@H]1CC[C@H](Nc2ccc(C(F)(F)F)cn2)C1)n1c(=NC)cnc2[nH]ccc21. The smallest absolute Gasteiger partial charge is 0.367 e. The van der Waals surface area contributed by atoms with Gasteiger partial charge in [-0.25, -0.2) is 9.97 Å². The molecule has 1 saturated carbocycles. The Bertz CT molecular complexity index is 1090. The molecule has 0 saturated heterocycles. The Morgan fingerprint density at radius 2 is 2.07 bits per heavy atom. The Labute approximate surface area is 165 Å². The number of nitrogens with one attached hydrogen (secondary N) is 2. The predicted molar refractivity (Wildman–Crippen MR) is 105 cm³/mol. The highest BCUT2D eigenvalue weighted by Gasteiger charge is 2.31. The van der Waals surface area contributed by atoms with Crippen molar-refractivity contribution in [3.63, 3.8) is 0 Å². The lowest BCUT2D eigenvalue weighted by Crippen LogP contribution is -2.24. The van der Waals surface area contributed by atoms with E-state index in [2.05, 4.69) is 31.8 Å². The summed E-state index contributed by atoms with van der Waals surface area (Å²) in [6.45, 7) is 4.32. The summed E-state index contributed by atoms with van der Waals surface area (Å²) in [5.74, 6) is 0.663. The van der Waals surface area contributed by atoms with E-state index in [0.717, 1.165) is 53.9 Å². The van der Waals surface area contributed by atoms with Crippen LogP contribution in [0.15, 0.2) is 48.4 Å². The predicted octanol–water partition coefficient (Wildman–Crippen LogP) is 4.06.